The normalized spacial score (nSPS) is 12.2. The van der Waals surface area contributed by atoms with Gasteiger partial charge in [-0.1, -0.05) is 0 Å². The summed E-state index contributed by atoms with van der Waals surface area (Å²) in [5, 5.41) is 8.21. The highest BCUT2D eigenvalue weighted by atomic mass is 79.9. The first-order chi connectivity index (χ1) is 9.34. The van der Waals surface area contributed by atoms with Crippen LogP contribution in [0, 0.1) is 0 Å². The van der Waals surface area contributed by atoms with Crippen LogP contribution in [0.4, 0.5) is 0 Å². The van der Waals surface area contributed by atoms with Crippen LogP contribution >= 0.6 is 15.9 Å². The van der Waals surface area contributed by atoms with Crippen LogP contribution in [0.15, 0.2) is 28.0 Å². The number of aromatic nitrogens is 4. The Hall–Kier alpha value is -1.19. The Balaban J connectivity index is 2.23. The van der Waals surface area contributed by atoms with E-state index in [4.69, 9.17) is 0 Å². The highest BCUT2D eigenvalue weighted by Gasteiger charge is 2.24. The molecular weight excluding hydrogens is 346 g/mol. The Bertz CT molecular complexity index is 706. The molecule has 2 aromatic heterocycles. The van der Waals surface area contributed by atoms with E-state index in [1.807, 2.05) is 13.1 Å². The summed E-state index contributed by atoms with van der Waals surface area (Å²) < 4.78 is 30.0. The SMILES string of the molecule is CCn1cc(Br)c(CN(C)S(=O)(=O)c2cnn(C)c2)n1. The first-order valence-electron chi connectivity index (χ1n) is 6.01. The zero-order valence-electron chi connectivity index (χ0n) is 11.5. The molecule has 110 valence electrons. The maximum absolute atomic E-state index is 12.4. The molecule has 0 aliphatic rings. The molecule has 20 heavy (non-hydrogen) atoms. The van der Waals surface area contributed by atoms with Crippen molar-refractivity contribution in [3.05, 3.63) is 28.8 Å². The number of halogens is 1. The van der Waals surface area contributed by atoms with Gasteiger partial charge in [0.25, 0.3) is 0 Å². The summed E-state index contributed by atoms with van der Waals surface area (Å²) >= 11 is 3.39. The summed E-state index contributed by atoms with van der Waals surface area (Å²) in [6.45, 7) is 2.90. The molecule has 0 aliphatic heterocycles. The molecule has 0 saturated heterocycles. The number of hydrogen-bond donors (Lipinski definition) is 0. The number of sulfonamides is 1. The first-order valence-corrected chi connectivity index (χ1v) is 8.24. The maximum atomic E-state index is 12.4. The van der Waals surface area contributed by atoms with Gasteiger partial charge in [0.1, 0.15) is 4.90 Å². The summed E-state index contributed by atoms with van der Waals surface area (Å²) in [7, 11) is -0.344. The van der Waals surface area contributed by atoms with Crippen molar-refractivity contribution in [1.82, 2.24) is 23.9 Å². The molecule has 0 fully saturated rings. The molecule has 0 atom stereocenters. The fourth-order valence-corrected chi connectivity index (χ4v) is 3.27. The lowest BCUT2D eigenvalue weighted by Crippen LogP contribution is -2.26. The molecular formula is C11H16BrN5O2S. The van der Waals surface area contributed by atoms with Crippen molar-refractivity contribution in [3.63, 3.8) is 0 Å². The third kappa shape index (κ3) is 2.94. The number of aryl methyl sites for hydroxylation is 2. The second-order valence-corrected chi connectivity index (χ2v) is 7.29. The minimum absolute atomic E-state index is 0.175. The van der Waals surface area contributed by atoms with Crippen LogP contribution in [-0.2, 0) is 30.2 Å². The summed E-state index contributed by atoms with van der Waals surface area (Å²) in [5.74, 6) is 0. The Morgan fingerprint density at radius 1 is 1.40 bits per heavy atom. The van der Waals surface area contributed by atoms with Gasteiger partial charge in [-0.2, -0.15) is 14.5 Å². The minimum Gasteiger partial charge on any atom is -0.274 e. The van der Waals surface area contributed by atoms with E-state index >= 15 is 0 Å². The largest absolute Gasteiger partial charge is 0.274 e. The van der Waals surface area contributed by atoms with E-state index in [9.17, 15) is 8.42 Å². The predicted molar refractivity (Wildman–Crippen MR) is 77.5 cm³/mol. The number of hydrogen-bond acceptors (Lipinski definition) is 4. The summed E-state index contributed by atoms with van der Waals surface area (Å²) in [6, 6.07) is 0. The van der Waals surface area contributed by atoms with Crippen molar-refractivity contribution in [2.24, 2.45) is 7.05 Å². The Morgan fingerprint density at radius 3 is 2.60 bits per heavy atom. The van der Waals surface area contributed by atoms with Crippen LogP contribution < -0.4 is 0 Å². The van der Waals surface area contributed by atoms with Gasteiger partial charge in [-0.05, 0) is 22.9 Å². The third-order valence-electron chi connectivity index (χ3n) is 2.87. The Kier molecular flexibility index (Phi) is 4.31. The van der Waals surface area contributed by atoms with E-state index in [-0.39, 0.29) is 11.4 Å². The van der Waals surface area contributed by atoms with Gasteiger partial charge >= 0.3 is 0 Å². The molecule has 0 aromatic carbocycles. The summed E-state index contributed by atoms with van der Waals surface area (Å²) in [4.78, 5) is 0.175. The first kappa shape index (κ1) is 15.2. The molecule has 0 unspecified atom stereocenters. The van der Waals surface area contributed by atoms with Crippen LogP contribution in [0.25, 0.3) is 0 Å². The van der Waals surface area contributed by atoms with Gasteiger partial charge < -0.3 is 0 Å². The number of nitrogens with zero attached hydrogens (tertiary/aromatic N) is 5. The van der Waals surface area contributed by atoms with E-state index in [1.54, 1.807) is 11.7 Å². The van der Waals surface area contributed by atoms with E-state index in [2.05, 4.69) is 26.1 Å². The second kappa shape index (κ2) is 5.66. The number of rotatable bonds is 5. The van der Waals surface area contributed by atoms with Gasteiger partial charge in [-0.25, -0.2) is 8.42 Å². The van der Waals surface area contributed by atoms with E-state index in [0.29, 0.717) is 5.69 Å². The molecule has 2 aromatic rings. The third-order valence-corrected chi connectivity index (χ3v) is 5.29. The predicted octanol–water partition coefficient (Wildman–Crippen LogP) is 1.22. The lowest BCUT2D eigenvalue weighted by Gasteiger charge is -2.14. The van der Waals surface area contributed by atoms with Crippen molar-refractivity contribution in [2.75, 3.05) is 7.05 Å². The molecule has 0 aliphatic carbocycles. The molecule has 0 saturated carbocycles. The highest BCUT2D eigenvalue weighted by Crippen LogP contribution is 2.20. The van der Waals surface area contributed by atoms with Crippen LogP contribution in [-0.4, -0.2) is 39.3 Å². The maximum Gasteiger partial charge on any atom is 0.246 e. The molecule has 0 bridgehead atoms. The molecule has 0 radical (unpaired) electrons. The topological polar surface area (TPSA) is 73.0 Å². The molecule has 7 nitrogen and oxygen atoms in total. The molecule has 2 heterocycles. The van der Waals surface area contributed by atoms with E-state index in [1.165, 1.54) is 28.4 Å². The smallest absolute Gasteiger partial charge is 0.246 e. The molecule has 0 N–H and O–H groups in total. The van der Waals surface area contributed by atoms with Gasteiger partial charge in [-0.3, -0.25) is 9.36 Å². The monoisotopic (exact) mass is 361 g/mol. The standard InChI is InChI=1S/C11H16BrN5O2S/c1-4-17-7-10(12)11(14-17)8-16(3)20(18,19)9-5-13-15(2)6-9/h5-7H,4,8H2,1-3H3. The van der Waals surface area contributed by atoms with Crippen molar-refractivity contribution in [1.29, 1.82) is 0 Å². The lowest BCUT2D eigenvalue weighted by molar-refractivity contribution is 0.458. The van der Waals surface area contributed by atoms with E-state index in [0.717, 1.165) is 11.0 Å². The van der Waals surface area contributed by atoms with Crippen LogP contribution in [0.3, 0.4) is 0 Å². The van der Waals surface area contributed by atoms with Crippen LogP contribution in [0.1, 0.15) is 12.6 Å². The molecule has 9 heteroatoms. The zero-order valence-corrected chi connectivity index (χ0v) is 13.9. The highest BCUT2D eigenvalue weighted by molar-refractivity contribution is 9.10. The van der Waals surface area contributed by atoms with Crippen molar-refractivity contribution >= 4 is 26.0 Å². The summed E-state index contributed by atoms with van der Waals surface area (Å²) in [5.41, 5.74) is 0.682. The average molecular weight is 362 g/mol. The zero-order chi connectivity index (χ0) is 14.9. The quantitative estimate of drug-likeness (QED) is 0.802. The van der Waals surface area contributed by atoms with Crippen molar-refractivity contribution in [2.45, 2.75) is 24.9 Å². The van der Waals surface area contributed by atoms with Gasteiger partial charge in [0.05, 0.1) is 22.9 Å². The minimum atomic E-state index is -3.55. The van der Waals surface area contributed by atoms with Crippen LogP contribution in [0.5, 0.6) is 0 Å². The van der Waals surface area contributed by atoms with Gasteiger partial charge in [0.2, 0.25) is 10.0 Å². The average Bonchev–Trinajstić information content (AvgIpc) is 2.96. The molecule has 0 spiro atoms. The lowest BCUT2D eigenvalue weighted by atomic mass is 10.4. The van der Waals surface area contributed by atoms with Gasteiger partial charge in [-0.15, -0.1) is 0 Å². The van der Waals surface area contributed by atoms with Crippen LogP contribution in [0.2, 0.25) is 0 Å². The fourth-order valence-electron chi connectivity index (χ4n) is 1.71. The summed E-state index contributed by atoms with van der Waals surface area (Å²) in [6.07, 6.45) is 4.65. The van der Waals surface area contributed by atoms with Crippen molar-refractivity contribution < 1.29 is 8.42 Å². The fraction of sp³-hybridized carbons (Fsp3) is 0.455. The molecule has 2 rings (SSSR count). The Morgan fingerprint density at radius 2 is 2.10 bits per heavy atom. The molecule has 0 amide bonds. The van der Waals surface area contributed by atoms with Crippen molar-refractivity contribution in [3.8, 4) is 0 Å². The van der Waals surface area contributed by atoms with Gasteiger partial charge in [0, 0.05) is 33.0 Å². The second-order valence-electron chi connectivity index (χ2n) is 4.39. The van der Waals surface area contributed by atoms with Gasteiger partial charge in [0.15, 0.2) is 0 Å². The van der Waals surface area contributed by atoms with E-state index < -0.39 is 10.0 Å². The Labute approximate surface area is 126 Å².